The van der Waals surface area contributed by atoms with E-state index < -0.39 is 17.5 Å². The van der Waals surface area contributed by atoms with Crippen LogP contribution >= 0.6 is 0 Å². The van der Waals surface area contributed by atoms with E-state index in [9.17, 15) is 14.3 Å². The van der Waals surface area contributed by atoms with Crippen LogP contribution in [-0.4, -0.2) is 40.2 Å². The number of halogens is 2. The number of benzene rings is 2. The van der Waals surface area contributed by atoms with E-state index in [1.807, 2.05) is 0 Å². The molecule has 0 radical (unpaired) electrons. The minimum absolute atomic E-state index is 0.0698. The average molecular weight is 573 g/mol. The largest absolute Gasteiger partial charge is 0.506 e. The number of nitrogens with zero attached hydrogens (tertiary/aromatic N) is 3. The molecule has 0 fully saturated rings. The number of amides is 1. The van der Waals surface area contributed by atoms with Gasteiger partial charge in [0.05, 0.1) is 24.9 Å². The minimum atomic E-state index is -0.758. The van der Waals surface area contributed by atoms with E-state index in [0.29, 0.717) is 33.7 Å². The third-order valence-electron chi connectivity index (χ3n) is 6.53. The first-order valence-corrected chi connectivity index (χ1v) is 12.8. The molecule has 0 saturated heterocycles. The molecule has 11 heteroatoms. The Hall–Kier alpha value is -5.16. The number of ether oxygens (including phenoxy) is 3. The van der Waals surface area contributed by atoms with Gasteiger partial charge in [-0.3, -0.25) is 14.8 Å². The highest BCUT2D eigenvalue weighted by Crippen LogP contribution is 2.39. The summed E-state index contributed by atoms with van der Waals surface area (Å²) in [6.45, 7) is 3.29. The predicted molar refractivity (Wildman–Crippen MR) is 152 cm³/mol. The lowest BCUT2D eigenvalue weighted by Crippen LogP contribution is -2.17. The predicted octanol–water partition coefficient (Wildman–Crippen LogP) is 6.49. The first kappa shape index (κ1) is 28.4. The Labute approximate surface area is 239 Å². The van der Waals surface area contributed by atoms with Gasteiger partial charge in [-0.05, 0) is 55.3 Å². The van der Waals surface area contributed by atoms with Gasteiger partial charge >= 0.3 is 0 Å². The number of pyridine rings is 3. The van der Waals surface area contributed by atoms with Crippen LogP contribution in [0.2, 0.25) is 0 Å². The molecular weight excluding hydrogens is 546 g/mol. The first-order chi connectivity index (χ1) is 20.2. The van der Waals surface area contributed by atoms with Gasteiger partial charge in [0, 0.05) is 48.5 Å². The number of aromatic hydroxyl groups is 1. The molecule has 0 aliphatic heterocycles. The van der Waals surface area contributed by atoms with Crippen LogP contribution in [-0.2, 0) is 11.3 Å². The maximum absolute atomic E-state index is 15.2. The zero-order valence-corrected chi connectivity index (χ0v) is 23.2. The summed E-state index contributed by atoms with van der Waals surface area (Å²) in [7, 11) is 2.91. The smallest absolute Gasteiger partial charge is 0.261 e. The molecule has 42 heavy (non-hydrogen) atoms. The van der Waals surface area contributed by atoms with Gasteiger partial charge in [0.2, 0.25) is 5.88 Å². The Morgan fingerprint density at radius 3 is 2.50 bits per heavy atom. The Balaban J connectivity index is 1.46. The summed E-state index contributed by atoms with van der Waals surface area (Å²) in [5.41, 5.74) is 2.82. The number of anilines is 1. The van der Waals surface area contributed by atoms with Crippen molar-refractivity contribution in [2.45, 2.75) is 20.5 Å². The zero-order chi connectivity index (χ0) is 30.0. The van der Waals surface area contributed by atoms with Crippen LogP contribution in [0.4, 0.5) is 14.5 Å². The van der Waals surface area contributed by atoms with Crippen molar-refractivity contribution in [3.63, 3.8) is 0 Å². The number of carbonyl (C=O) groups excluding carboxylic acids is 1. The minimum Gasteiger partial charge on any atom is -0.506 e. The number of hydrogen-bond donors (Lipinski definition) is 2. The summed E-state index contributed by atoms with van der Waals surface area (Å²) in [6.07, 6.45) is 1.51. The van der Waals surface area contributed by atoms with Crippen LogP contribution in [0.3, 0.4) is 0 Å². The van der Waals surface area contributed by atoms with E-state index in [-0.39, 0.29) is 46.4 Å². The molecule has 5 aromatic rings. The van der Waals surface area contributed by atoms with Crippen molar-refractivity contribution in [2.75, 3.05) is 19.5 Å². The average Bonchev–Trinajstić information content (AvgIpc) is 2.95. The first-order valence-electron chi connectivity index (χ1n) is 12.8. The van der Waals surface area contributed by atoms with Crippen LogP contribution in [0.1, 0.15) is 27.3 Å². The molecule has 3 aromatic heterocycles. The number of hydrogen-bond acceptors (Lipinski definition) is 8. The summed E-state index contributed by atoms with van der Waals surface area (Å²) >= 11 is 0. The number of carbonyl (C=O) groups is 1. The topological polar surface area (TPSA) is 116 Å². The van der Waals surface area contributed by atoms with Crippen molar-refractivity contribution >= 4 is 22.6 Å². The highest BCUT2D eigenvalue weighted by Gasteiger charge is 2.25. The van der Waals surface area contributed by atoms with E-state index >= 15 is 4.39 Å². The molecule has 0 bridgehead atoms. The molecule has 1 amide bonds. The molecule has 5 rings (SSSR count). The molecule has 0 atom stereocenters. The van der Waals surface area contributed by atoms with Crippen molar-refractivity contribution < 1.29 is 32.9 Å². The summed E-state index contributed by atoms with van der Waals surface area (Å²) in [5, 5.41) is 13.9. The van der Waals surface area contributed by atoms with Crippen LogP contribution in [0.15, 0.2) is 60.8 Å². The van der Waals surface area contributed by atoms with E-state index in [2.05, 4.69) is 20.3 Å². The van der Waals surface area contributed by atoms with Crippen molar-refractivity contribution in [1.82, 2.24) is 15.0 Å². The van der Waals surface area contributed by atoms with Gasteiger partial charge in [0.15, 0.2) is 17.3 Å². The van der Waals surface area contributed by atoms with Gasteiger partial charge in [-0.2, -0.15) is 0 Å². The number of fused-ring (bicyclic) bond motifs is 1. The molecule has 214 valence electrons. The number of aromatic nitrogens is 3. The molecular formula is C31H26F2N4O5. The van der Waals surface area contributed by atoms with Crippen molar-refractivity contribution in [2.24, 2.45) is 0 Å². The van der Waals surface area contributed by atoms with Gasteiger partial charge in [-0.1, -0.05) is 6.07 Å². The van der Waals surface area contributed by atoms with Crippen molar-refractivity contribution in [3.05, 3.63) is 94.9 Å². The summed E-state index contributed by atoms with van der Waals surface area (Å²) in [4.78, 5) is 26.5. The number of methoxy groups -OCH3 is 2. The second-order valence-electron chi connectivity index (χ2n) is 9.37. The second-order valence-corrected chi connectivity index (χ2v) is 9.37. The maximum Gasteiger partial charge on any atom is 0.261 e. The fourth-order valence-electron chi connectivity index (χ4n) is 4.61. The van der Waals surface area contributed by atoms with Crippen LogP contribution in [0.5, 0.6) is 23.1 Å². The van der Waals surface area contributed by atoms with Gasteiger partial charge in [0.1, 0.15) is 22.6 Å². The normalized spacial score (nSPS) is 11.0. The molecule has 2 aromatic carbocycles. The third-order valence-corrected chi connectivity index (χ3v) is 6.53. The van der Waals surface area contributed by atoms with Gasteiger partial charge in [-0.15, -0.1) is 0 Å². The summed E-state index contributed by atoms with van der Waals surface area (Å²) in [5.74, 6) is -1.78. The highest BCUT2D eigenvalue weighted by molar-refractivity contribution is 6.08. The Morgan fingerprint density at radius 1 is 0.976 bits per heavy atom. The van der Waals surface area contributed by atoms with E-state index in [1.54, 1.807) is 32.0 Å². The standard InChI is InChI=1S/C31H26F2N4O5/c1-16-13-18(32)5-7-20(16)27-17(2)35-23(15-40-3)28(30(27)38)31(39)36-19-6-9-24(21(33)14-19)42-25-11-12-34-22-8-10-26(41-4)37-29(22)25/h5-14H,15H2,1-4H3,(H,35,38)(H,36,39). The van der Waals surface area contributed by atoms with Crippen molar-refractivity contribution in [1.29, 1.82) is 0 Å². The molecule has 0 aliphatic rings. The molecule has 3 heterocycles. The lowest BCUT2D eigenvalue weighted by atomic mass is 9.95. The van der Waals surface area contributed by atoms with Gasteiger partial charge in [-0.25, -0.2) is 13.8 Å². The molecule has 0 aliphatic carbocycles. The number of aryl methyl sites for hydroxylation is 2. The van der Waals surface area contributed by atoms with Gasteiger partial charge < -0.3 is 24.6 Å². The van der Waals surface area contributed by atoms with Crippen LogP contribution < -0.4 is 14.8 Å². The lowest BCUT2D eigenvalue weighted by molar-refractivity contribution is 0.101. The molecule has 0 saturated carbocycles. The third kappa shape index (κ3) is 5.54. The molecule has 9 nitrogen and oxygen atoms in total. The number of rotatable bonds is 8. The monoisotopic (exact) mass is 572 g/mol. The van der Waals surface area contributed by atoms with Gasteiger partial charge in [0.25, 0.3) is 5.91 Å². The summed E-state index contributed by atoms with van der Waals surface area (Å²) < 4.78 is 45.1. The van der Waals surface area contributed by atoms with Crippen LogP contribution in [0, 0.1) is 25.5 Å². The lowest BCUT2D eigenvalue weighted by Gasteiger charge is -2.18. The fourth-order valence-corrected chi connectivity index (χ4v) is 4.61. The summed E-state index contributed by atoms with van der Waals surface area (Å²) in [6, 6.07) is 12.9. The zero-order valence-electron chi connectivity index (χ0n) is 23.2. The quantitative estimate of drug-likeness (QED) is 0.217. The van der Waals surface area contributed by atoms with E-state index in [0.717, 1.165) is 6.07 Å². The van der Waals surface area contributed by atoms with E-state index in [1.165, 1.54) is 50.7 Å². The molecule has 0 unspecified atom stereocenters. The fraction of sp³-hybridized carbons (Fsp3) is 0.161. The van der Waals surface area contributed by atoms with Crippen molar-refractivity contribution in [3.8, 4) is 34.3 Å². The molecule has 2 N–H and O–H groups in total. The van der Waals surface area contributed by atoms with E-state index in [4.69, 9.17) is 14.2 Å². The Kier molecular flexibility index (Phi) is 7.94. The number of nitrogens with one attached hydrogen (secondary N) is 1. The second kappa shape index (κ2) is 11.8. The highest BCUT2D eigenvalue weighted by atomic mass is 19.1. The maximum atomic E-state index is 15.2. The Morgan fingerprint density at radius 2 is 1.79 bits per heavy atom. The van der Waals surface area contributed by atoms with Crippen LogP contribution in [0.25, 0.3) is 22.2 Å². The SMILES string of the molecule is COCc1nc(C)c(-c2ccc(F)cc2C)c(O)c1C(=O)Nc1ccc(Oc2ccnc3ccc(OC)nc23)c(F)c1. The molecule has 0 spiro atoms. The Bertz CT molecular complexity index is 1830.